The number of nitrogens with one attached hydrogen (secondary N) is 2. The second-order valence-corrected chi connectivity index (χ2v) is 6.43. The van der Waals surface area contributed by atoms with E-state index in [1.807, 2.05) is 13.0 Å². The molecule has 1 aliphatic carbocycles. The van der Waals surface area contributed by atoms with Gasteiger partial charge < -0.3 is 15.4 Å². The lowest BCUT2D eigenvalue weighted by Crippen LogP contribution is -2.38. The van der Waals surface area contributed by atoms with Crippen molar-refractivity contribution in [2.24, 2.45) is 4.99 Å². The van der Waals surface area contributed by atoms with E-state index in [-0.39, 0.29) is 41.8 Å². The van der Waals surface area contributed by atoms with Crippen LogP contribution in [0.15, 0.2) is 29.3 Å². The van der Waals surface area contributed by atoms with Crippen LogP contribution in [0.1, 0.15) is 31.7 Å². The Morgan fingerprint density at radius 2 is 2.00 bits per heavy atom. The number of alkyl halides is 3. The van der Waals surface area contributed by atoms with Crippen molar-refractivity contribution in [1.29, 1.82) is 0 Å². The smallest absolute Gasteiger partial charge is 0.372 e. The van der Waals surface area contributed by atoms with Gasteiger partial charge >= 0.3 is 6.18 Å². The number of halogens is 5. The molecule has 9 heteroatoms. The molecule has 1 aromatic carbocycles. The number of benzene rings is 1. The molecule has 2 rings (SSSR count). The van der Waals surface area contributed by atoms with Crippen molar-refractivity contribution in [3.05, 3.63) is 35.6 Å². The maximum atomic E-state index is 13.4. The molecule has 4 nitrogen and oxygen atoms in total. The summed E-state index contributed by atoms with van der Waals surface area (Å²) in [6.07, 6.45) is -1.93. The third-order valence-corrected chi connectivity index (χ3v) is 4.20. The highest BCUT2D eigenvalue weighted by molar-refractivity contribution is 14.0. The Hall–Kier alpha value is -1.10. The molecule has 1 aliphatic rings. The zero-order valence-electron chi connectivity index (χ0n) is 15.2. The molecule has 0 aromatic heterocycles. The molecule has 0 aliphatic heterocycles. The van der Waals surface area contributed by atoms with E-state index in [1.165, 1.54) is 6.07 Å². The summed E-state index contributed by atoms with van der Waals surface area (Å²) >= 11 is 0. The van der Waals surface area contributed by atoms with Crippen LogP contribution in [0.2, 0.25) is 0 Å². The zero-order chi connectivity index (χ0) is 19.0. The predicted molar refractivity (Wildman–Crippen MR) is 108 cm³/mol. The van der Waals surface area contributed by atoms with E-state index >= 15 is 0 Å². The van der Waals surface area contributed by atoms with Gasteiger partial charge in [-0.25, -0.2) is 4.39 Å². The number of ether oxygens (including phenoxy) is 1. The highest BCUT2D eigenvalue weighted by atomic mass is 127. The molecule has 1 saturated carbocycles. The Labute approximate surface area is 174 Å². The molecule has 1 aromatic rings. The van der Waals surface area contributed by atoms with Crippen molar-refractivity contribution in [2.75, 3.05) is 32.8 Å². The molecular weight excluding hydrogens is 477 g/mol. The average Bonchev–Trinajstić information content (AvgIpc) is 3.36. The van der Waals surface area contributed by atoms with Crippen molar-refractivity contribution in [3.8, 4) is 0 Å². The Morgan fingerprint density at radius 3 is 2.59 bits per heavy atom. The first-order chi connectivity index (χ1) is 12.3. The highest BCUT2D eigenvalue weighted by Crippen LogP contribution is 2.48. The van der Waals surface area contributed by atoms with Crippen LogP contribution in [0.3, 0.4) is 0 Å². The van der Waals surface area contributed by atoms with Gasteiger partial charge in [0.05, 0.1) is 6.54 Å². The van der Waals surface area contributed by atoms with Crippen molar-refractivity contribution in [3.63, 3.8) is 0 Å². The molecule has 0 amide bonds. The quantitative estimate of drug-likeness (QED) is 0.176. The van der Waals surface area contributed by atoms with E-state index in [2.05, 4.69) is 20.4 Å². The van der Waals surface area contributed by atoms with Gasteiger partial charge in [-0.1, -0.05) is 12.1 Å². The van der Waals surface area contributed by atoms with Gasteiger partial charge in [-0.2, -0.15) is 13.2 Å². The lowest BCUT2D eigenvalue weighted by molar-refractivity contribution is -0.173. The largest absolute Gasteiger partial charge is 0.411 e. The Kier molecular flexibility index (Phi) is 9.78. The number of guanidine groups is 1. The first-order valence-corrected chi connectivity index (χ1v) is 8.77. The lowest BCUT2D eigenvalue weighted by Gasteiger charge is -2.16. The molecule has 0 unspecified atom stereocenters. The lowest BCUT2D eigenvalue weighted by atomic mass is 9.96. The molecule has 0 bridgehead atoms. The van der Waals surface area contributed by atoms with Gasteiger partial charge in [0, 0.05) is 25.1 Å². The minimum atomic E-state index is -4.29. The van der Waals surface area contributed by atoms with E-state index in [9.17, 15) is 17.6 Å². The van der Waals surface area contributed by atoms with Gasteiger partial charge in [0.2, 0.25) is 0 Å². The summed E-state index contributed by atoms with van der Waals surface area (Å²) in [6, 6.07) is 6.61. The normalized spacial score (nSPS) is 15.8. The van der Waals surface area contributed by atoms with Gasteiger partial charge in [-0.15, -0.1) is 24.0 Å². The van der Waals surface area contributed by atoms with Gasteiger partial charge in [0.25, 0.3) is 0 Å². The standard InChI is InChI=1S/C18H25F4N3O.HI/c1-2-23-16(24-9-4-10-26-13-18(20,21)22)25-12-17(7-8-17)14-5-3-6-15(19)11-14;/h3,5-6,11H,2,4,7-10,12-13H2,1H3,(H2,23,24,25);1H. The molecule has 154 valence electrons. The monoisotopic (exact) mass is 503 g/mol. The number of nitrogens with zero attached hydrogens (tertiary/aromatic N) is 1. The molecule has 0 saturated heterocycles. The van der Waals surface area contributed by atoms with Gasteiger partial charge in [-0.05, 0) is 43.9 Å². The number of hydrogen-bond donors (Lipinski definition) is 2. The SMILES string of the molecule is CCNC(=NCC1(c2cccc(F)c2)CC1)NCCCOCC(F)(F)F.I. The molecule has 0 heterocycles. The fraction of sp³-hybridized carbons (Fsp3) is 0.611. The fourth-order valence-corrected chi connectivity index (χ4v) is 2.65. The third-order valence-electron chi connectivity index (χ3n) is 4.20. The number of aliphatic imine (C=N–C) groups is 1. The van der Waals surface area contributed by atoms with E-state index < -0.39 is 12.8 Å². The van der Waals surface area contributed by atoms with Crippen LogP contribution in [0.4, 0.5) is 17.6 Å². The predicted octanol–water partition coefficient (Wildman–Crippen LogP) is 4.00. The fourth-order valence-electron chi connectivity index (χ4n) is 2.65. The minimum Gasteiger partial charge on any atom is -0.372 e. The topological polar surface area (TPSA) is 45.7 Å². The summed E-state index contributed by atoms with van der Waals surface area (Å²) in [5.41, 5.74) is 0.845. The Bertz CT molecular complexity index is 607. The molecule has 1 fully saturated rings. The molecule has 0 atom stereocenters. The maximum Gasteiger partial charge on any atom is 0.411 e. The van der Waals surface area contributed by atoms with Crippen LogP contribution in [0, 0.1) is 5.82 Å². The molecule has 27 heavy (non-hydrogen) atoms. The van der Waals surface area contributed by atoms with Crippen molar-refractivity contribution in [1.82, 2.24) is 10.6 Å². The zero-order valence-corrected chi connectivity index (χ0v) is 17.6. The van der Waals surface area contributed by atoms with E-state index in [0.29, 0.717) is 32.0 Å². The maximum absolute atomic E-state index is 13.4. The van der Waals surface area contributed by atoms with Crippen LogP contribution < -0.4 is 10.6 Å². The first-order valence-electron chi connectivity index (χ1n) is 8.77. The molecule has 0 spiro atoms. The van der Waals surface area contributed by atoms with Crippen LogP contribution in [0.5, 0.6) is 0 Å². The van der Waals surface area contributed by atoms with Crippen molar-refractivity contribution >= 4 is 29.9 Å². The van der Waals surface area contributed by atoms with Gasteiger partial charge in [0.1, 0.15) is 12.4 Å². The third kappa shape index (κ3) is 8.63. The van der Waals surface area contributed by atoms with E-state index in [4.69, 9.17) is 0 Å². The van der Waals surface area contributed by atoms with Crippen LogP contribution in [-0.2, 0) is 10.2 Å². The molecule has 2 N–H and O–H groups in total. The van der Waals surface area contributed by atoms with E-state index in [0.717, 1.165) is 18.4 Å². The van der Waals surface area contributed by atoms with Crippen LogP contribution in [-0.4, -0.2) is 45.0 Å². The van der Waals surface area contributed by atoms with E-state index in [1.54, 1.807) is 12.1 Å². The van der Waals surface area contributed by atoms with Crippen LogP contribution >= 0.6 is 24.0 Å². The Morgan fingerprint density at radius 1 is 1.26 bits per heavy atom. The summed E-state index contributed by atoms with van der Waals surface area (Å²) in [6.45, 7) is 2.40. The summed E-state index contributed by atoms with van der Waals surface area (Å²) in [5, 5.41) is 6.19. The molecule has 0 radical (unpaired) electrons. The van der Waals surface area contributed by atoms with Gasteiger partial charge in [-0.3, -0.25) is 4.99 Å². The number of rotatable bonds is 9. The van der Waals surface area contributed by atoms with Crippen molar-refractivity contribution in [2.45, 2.75) is 37.8 Å². The summed E-state index contributed by atoms with van der Waals surface area (Å²) in [4.78, 5) is 4.56. The Balaban J connectivity index is 0.00000364. The van der Waals surface area contributed by atoms with Crippen LogP contribution in [0.25, 0.3) is 0 Å². The second-order valence-electron chi connectivity index (χ2n) is 6.43. The minimum absolute atomic E-state index is 0. The highest BCUT2D eigenvalue weighted by Gasteiger charge is 2.44. The summed E-state index contributed by atoms with van der Waals surface area (Å²) in [7, 11) is 0. The molecular formula is C18H26F4IN3O. The average molecular weight is 503 g/mol. The number of hydrogen-bond acceptors (Lipinski definition) is 2. The van der Waals surface area contributed by atoms with Crippen molar-refractivity contribution < 1.29 is 22.3 Å². The van der Waals surface area contributed by atoms with Gasteiger partial charge in [0.15, 0.2) is 5.96 Å². The summed E-state index contributed by atoms with van der Waals surface area (Å²) < 4.78 is 54.0. The first kappa shape index (κ1) is 23.9. The second kappa shape index (κ2) is 11.0. The summed E-state index contributed by atoms with van der Waals surface area (Å²) in [5.74, 6) is 0.354.